The zero-order chi connectivity index (χ0) is 41.4. The van der Waals surface area contributed by atoms with Crippen molar-refractivity contribution in [1.29, 1.82) is 0 Å². The first-order chi connectivity index (χ1) is 27.5. The molecular weight excluding hydrogens is 725 g/mol. The van der Waals surface area contributed by atoms with Crippen LogP contribution in [0.25, 0.3) is 0 Å². The van der Waals surface area contributed by atoms with Gasteiger partial charge in [-0.3, -0.25) is 9.59 Å². The number of hydroxylamine groups is 2. The van der Waals surface area contributed by atoms with E-state index < -0.39 is 0 Å². The molecule has 0 bridgehead atoms. The molecule has 0 spiro atoms. The molecule has 0 aromatic heterocycles. The normalized spacial score (nSPS) is 48.4. The first-order valence-electron chi connectivity index (χ1n) is 24.7. The van der Waals surface area contributed by atoms with Gasteiger partial charge >= 0.3 is 11.9 Å². The zero-order valence-electron chi connectivity index (χ0n) is 38.0. The third-order valence-electron chi connectivity index (χ3n) is 21.2. The molecule has 0 amide bonds. The maximum atomic E-state index is 13.3. The van der Waals surface area contributed by atoms with Gasteiger partial charge < -0.3 is 19.9 Å². The summed E-state index contributed by atoms with van der Waals surface area (Å²) in [4.78, 5) is 25.0. The van der Waals surface area contributed by atoms with Crippen molar-refractivity contribution in [3.63, 3.8) is 0 Å². The third-order valence-corrected chi connectivity index (χ3v) is 21.2. The number of ether oxygens (including phenoxy) is 2. The minimum Gasteiger partial charge on any atom is -0.567 e. The van der Waals surface area contributed by atoms with Gasteiger partial charge in [-0.05, 0) is 208 Å². The number of carbonyl (C=O) groups is 2. The molecule has 8 aliphatic carbocycles. The molecule has 0 aliphatic heterocycles. The summed E-state index contributed by atoms with van der Waals surface area (Å²) >= 11 is 0. The highest BCUT2D eigenvalue weighted by Crippen LogP contribution is 2.70. The number of hydrogen-bond acceptors (Lipinski definition) is 6. The topological polar surface area (TPSA) is 105 Å². The van der Waals surface area contributed by atoms with E-state index in [4.69, 9.17) is 9.47 Å². The van der Waals surface area contributed by atoms with Gasteiger partial charge in [0, 0.05) is 36.4 Å². The van der Waals surface area contributed by atoms with Gasteiger partial charge in [-0.15, -0.1) is 0 Å². The lowest BCUT2D eigenvalue weighted by molar-refractivity contribution is -0.970. The minimum atomic E-state index is -0.130. The Hall–Kier alpha value is -1.86. The van der Waals surface area contributed by atoms with E-state index in [1.165, 1.54) is 89.9 Å². The lowest BCUT2D eigenvalue weighted by Crippen LogP contribution is -2.54. The fourth-order valence-electron chi connectivity index (χ4n) is 18.3. The summed E-state index contributed by atoms with van der Waals surface area (Å²) < 4.78 is 11.4. The van der Waals surface area contributed by atoms with Crippen LogP contribution in [-0.2, 0) is 19.1 Å². The smallest absolute Gasteiger partial charge is 0.302 e. The van der Waals surface area contributed by atoms with E-state index in [0.717, 1.165) is 83.8 Å². The second-order valence-electron chi connectivity index (χ2n) is 23.5. The molecule has 0 unspecified atom stereocenters. The molecule has 8 heteroatoms. The van der Waals surface area contributed by atoms with Gasteiger partial charge in [-0.2, -0.15) is 0 Å². The van der Waals surface area contributed by atoms with E-state index in [0.29, 0.717) is 70.3 Å². The highest BCUT2D eigenvalue weighted by molar-refractivity contribution is 5.66. The fraction of sp³-hybridized carbons (Fsp3) is 0.960. The van der Waals surface area contributed by atoms with Crippen molar-refractivity contribution in [1.82, 2.24) is 0 Å². The number of azo groups is 1. The Labute approximate surface area is 351 Å². The average Bonchev–Trinajstić information content (AvgIpc) is 3.72. The van der Waals surface area contributed by atoms with Gasteiger partial charge in [-0.1, -0.05) is 41.5 Å². The first-order valence-corrected chi connectivity index (χ1v) is 24.7. The van der Waals surface area contributed by atoms with Gasteiger partial charge in [0.1, 0.15) is 12.2 Å². The monoisotopic (exact) mass is 807 g/mol. The largest absolute Gasteiger partial charge is 0.567 e. The van der Waals surface area contributed by atoms with Gasteiger partial charge in [0.25, 0.3) is 0 Å². The molecule has 8 rings (SSSR count). The van der Waals surface area contributed by atoms with Crippen LogP contribution in [0.3, 0.4) is 0 Å². The van der Waals surface area contributed by atoms with E-state index >= 15 is 0 Å². The van der Waals surface area contributed by atoms with E-state index in [-0.39, 0.29) is 24.1 Å². The van der Waals surface area contributed by atoms with Crippen LogP contribution in [-0.4, -0.2) is 47.0 Å². The maximum absolute atomic E-state index is 13.3. The van der Waals surface area contributed by atoms with Crippen molar-refractivity contribution in [2.24, 2.45) is 92.7 Å². The van der Waals surface area contributed by atoms with Crippen LogP contribution >= 0.6 is 0 Å². The molecule has 0 aromatic carbocycles. The summed E-state index contributed by atoms with van der Waals surface area (Å²) in [6, 6.07) is 0. The Morgan fingerprint density at radius 3 is 1.28 bits per heavy atom. The molecule has 0 N–H and O–H groups in total. The van der Waals surface area contributed by atoms with Crippen LogP contribution in [0.15, 0.2) is 0 Å². The molecule has 0 heterocycles. The van der Waals surface area contributed by atoms with Crippen LogP contribution in [0.4, 0.5) is 0 Å². The predicted molar refractivity (Wildman–Crippen MR) is 226 cm³/mol. The van der Waals surface area contributed by atoms with E-state index in [1.54, 1.807) is 13.8 Å². The molecular formula is C50H82N2O6. The number of carbonyl (C=O) groups excluding carboxylic acids is 2. The van der Waals surface area contributed by atoms with Crippen LogP contribution in [0.2, 0.25) is 0 Å². The second kappa shape index (κ2) is 16.1. The maximum Gasteiger partial charge on any atom is 0.302 e. The van der Waals surface area contributed by atoms with Gasteiger partial charge in [-0.25, -0.2) is 0 Å². The average molecular weight is 807 g/mol. The number of rotatable bonds is 10. The van der Waals surface area contributed by atoms with Gasteiger partial charge in [0.15, 0.2) is 0 Å². The van der Waals surface area contributed by atoms with Crippen molar-refractivity contribution in [2.75, 3.05) is 13.1 Å². The molecule has 0 saturated heterocycles. The summed E-state index contributed by atoms with van der Waals surface area (Å²) in [6.07, 6.45) is 23.9. The highest BCUT2D eigenvalue weighted by Gasteiger charge is 2.62. The lowest BCUT2D eigenvalue weighted by atomic mass is 9.44. The predicted octanol–water partition coefficient (Wildman–Crippen LogP) is 11.7. The van der Waals surface area contributed by atoms with Crippen molar-refractivity contribution in [3.8, 4) is 0 Å². The first kappa shape index (κ1) is 42.8. The summed E-state index contributed by atoms with van der Waals surface area (Å²) in [7, 11) is 0. The number of fused-ring (bicyclic) bond motifs is 10. The minimum absolute atomic E-state index is 0.109. The summed E-state index contributed by atoms with van der Waals surface area (Å²) in [5.41, 5.74) is 1.39. The Kier molecular flexibility index (Phi) is 11.9. The van der Waals surface area contributed by atoms with Crippen LogP contribution in [0, 0.1) is 103 Å². The van der Waals surface area contributed by atoms with Crippen molar-refractivity contribution >= 4 is 11.9 Å². The van der Waals surface area contributed by atoms with Crippen LogP contribution in [0.1, 0.15) is 184 Å². The zero-order valence-corrected chi connectivity index (χ0v) is 38.0. The molecule has 8 fully saturated rings. The number of esters is 2. The molecule has 8 saturated carbocycles. The molecule has 0 aromatic rings. The molecule has 8 aliphatic rings. The Bertz CT molecular complexity index is 1450. The Morgan fingerprint density at radius 2 is 0.897 bits per heavy atom. The second-order valence-corrected chi connectivity index (χ2v) is 23.5. The molecule has 0 radical (unpaired) electrons. The van der Waals surface area contributed by atoms with Crippen LogP contribution in [0.5, 0.6) is 0 Å². The quantitative estimate of drug-likeness (QED) is 0.0942. The van der Waals surface area contributed by atoms with Crippen molar-refractivity contribution < 1.29 is 28.8 Å². The van der Waals surface area contributed by atoms with Gasteiger partial charge in [0.2, 0.25) is 13.1 Å². The number of nitrogens with zero attached hydrogens (tertiary/aromatic N) is 2. The highest BCUT2D eigenvalue weighted by atomic mass is 16.6. The standard InChI is InChI=1S/C50H82N2O6/c1-31(41-13-15-43-39-11-9-35-29-37(57-33(3)53)17-23-47(35,5)45(39)19-25-49(41,43)7)21-27-51(55)52(56)28-22-32(2)42-14-16-44-40-12-10-36-30-38(58-34(4)54)18-24-48(36,6)46(40)20-26-50(42,44)8/h31-32,35-46H,9-30H2,1-8H3/b52-51+/t31-,32-,35-,36-,37-,38-,39+,40+,41-,42-,43+,44+,45+,46+,47+,48+,49-,50-/m1/s1. The van der Waals surface area contributed by atoms with E-state index in [1.807, 2.05) is 0 Å². The van der Waals surface area contributed by atoms with Gasteiger partial charge in [0.05, 0.1) is 0 Å². The summed E-state index contributed by atoms with van der Waals surface area (Å²) in [5, 5.41) is 26.7. The summed E-state index contributed by atoms with van der Waals surface area (Å²) in [6.45, 7) is 18.8. The van der Waals surface area contributed by atoms with Crippen LogP contribution < -0.4 is 0 Å². The molecule has 328 valence electrons. The molecule has 8 nitrogen and oxygen atoms in total. The Balaban J connectivity index is 0.823. The summed E-state index contributed by atoms with van der Waals surface area (Å²) in [5.74, 6) is 7.88. The third kappa shape index (κ3) is 7.36. The SMILES string of the molecule is CC(=O)O[C@@H]1CC[C@@]2(C)[C@H](CC[C@@H]3[C@@H]2CC[C@]2(C)[C@@H]([C@H](C)CC/[N+]([O-])=[N+](\[O-])CC[C@@H](C)[C@H]4CC[C@H]5[C@@H]6CC[C@@H]7C[C@H](OC(C)=O)CC[C@]7(C)[C@H]6CC[C@]45C)CC[C@@H]32)C1. The van der Waals surface area contributed by atoms with E-state index in [2.05, 4.69) is 41.5 Å². The fourth-order valence-corrected chi connectivity index (χ4v) is 18.3. The van der Waals surface area contributed by atoms with E-state index in [9.17, 15) is 20.0 Å². The molecule has 18 atom stereocenters. The molecule has 58 heavy (non-hydrogen) atoms. The van der Waals surface area contributed by atoms with Crippen molar-refractivity contribution in [3.05, 3.63) is 10.4 Å². The lowest BCUT2D eigenvalue weighted by Gasteiger charge is -2.61. The van der Waals surface area contributed by atoms with Crippen molar-refractivity contribution in [2.45, 2.75) is 196 Å². The number of hydrogen-bond donors (Lipinski definition) is 0. The Morgan fingerprint density at radius 1 is 0.534 bits per heavy atom.